The number of aromatic hydroxyl groups is 1. The van der Waals surface area contributed by atoms with E-state index in [0.717, 1.165) is 29.1 Å². The summed E-state index contributed by atoms with van der Waals surface area (Å²) in [5.74, 6) is 1.03. The molecule has 3 rings (SSSR count). The Balaban J connectivity index is 1.57. The normalized spacial score (nSPS) is 11.2. The van der Waals surface area contributed by atoms with Crippen LogP contribution in [-0.4, -0.2) is 38.5 Å². The highest BCUT2D eigenvalue weighted by atomic mass is 32.2. The number of methoxy groups -OCH3 is 1. The predicted octanol–water partition coefficient (Wildman–Crippen LogP) is 4.39. The lowest BCUT2D eigenvalue weighted by atomic mass is 10.2. The van der Waals surface area contributed by atoms with Crippen molar-refractivity contribution in [2.75, 3.05) is 24.4 Å². The fraction of sp³-hybridized carbons (Fsp3) is 0.174. The van der Waals surface area contributed by atoms with Crippen molar-refractivity contribution in [3.63, 3.8) is 0 Å². The van der Waals surface area contributed by atoms with Crippen LogP contribution >= 0.6 is 11.8 Å². The van der Waals surface area contributed by atoms with Gasteiger partial charge < -0.3 is 15.2 Å². The van der Waals surface area contributed by atoms with Gasteiger partial charge in [-0.2, -0.15) is 0 Å². The number of nitrogens with one attached hydrogen (secondary N) is 1. The number of amides is 1. The fourth-order valence-electron chi connectivity index (χ4n) is 2.87. The minimum atomic E-state index is -3.60. The van der Waals surface area contributed by atoms with Gasteiger partial charge in [-0.25, -0.2) is 8.42 Å². The first kappa shape index (κ1) is 22.7. The highest BCUT2D eigenvalue weighted by Crippen LogP contribution is 2.26. The Bertz CT molecular complexity index is 1160. The van der Waals surface area contributed by atoms with E-state index in [0.29, 0.717) is 11.3 Å². The first-order chi connectivity index (χ1) is 14.8. The zero-order valence-corrected chi connectivity index (χ0v) is 18.8. The van der Waals surface area contributed by atoms with Crippen LogP contribution in [0.25, 0.3) is 0 Å². The van der Waals surface area contributed by atoms with E-state index < -0.39 is 9.84 Å². The maximum absolute atomic E-state index is 12.5. The number of anilines is 1. The van der Waals surface area contributed by atoms with Crippen LogP contribution in [0.2, 0.25) is 0 Å². The van der Waals surface area contributed by atoms with E-state index in [1.54, 1.807) is 31.0 Å². The zero-order valence-electron chi connectivity index (χ0n) is 17.2. The van der Waals surface area contributed by atoms with E-state index in [9.17, 15) is 18.3 Å². The Morgan fingerprint density at radius 1 is 1.03 bits per heavy atom. The van der Waals surface area contributed by atoms with Gasteiger partial charge in [-0.3, -0.25) is 4.79 Å². The molecule has 0 saturated carbocycles. The van der Waals surface area contributed by atoms with Gasteiger partial charge in [0.05, 0.1) is 7.11 Å². The quantitative estimate of drug-likeness (QED) is 0.385. The molecule has 0 unspecified atom stereocenters. The van der Waals surface area contributed by atoms with Crippen LogP contribution in [0.4, 0.5) is 5.69 Å². The topological polar surface area (TPSA) is 92.7 Å². The maximum atomic E-state index is 12.5. The van der Waals surface area contributed by atoms with Gasteiger partial charge >= 0.3 is 0 Å². The first-order valence-electron chi connectivity index (χ1n) is 9.46. The van der Waals surface area contributed by atoms with Crippen molar-refractivity contribution >= 4 is 33.2 Å². The van der Waals surface area contributed by atoms with Crippen LogP contribution < -0.4 is 10.1 Å². The van der Waals surface area contributed by atoms with Crippen molar-refractivity contribution in [1.29, 1.82) is 0 Å². The Labute approximate surface area is 186 Å². The number of hydrogen-bond donors (Lipinski definition) is 2. The van der Waals surface area contributed by atoms with E-state index in [-0.39, 0.29) is 16.6 Å². The molecule has 0 bridgehead atoms. The van der Waals surface area contributed by atoms with Crippen LogP contribution in [0.1, 0.15) is 15.9 Å². The molecule has 162 valence electrons. The lowest BCUT2D eigenvalue weighted by molar-refractivity contribution is 0.102. The van der Waals surface area contributed by atoms with Gasteiger partial charge in [0, 0.05) is 28.2 Å². The molecule has 2 N–H and O–H groups in total. The molecule has 0 saturated heterocycles. The third-order valence-electron chi connectivity index (χ3n) is 4.55. The van der Waals surface area contributed by atoms with Gasteiger partial charge in [0.2, 0.25) is 0 Å². The average molecular weight is 458 g/mol. The minimum Gasteiger partial charge on any atom is -0.507 e. The van der Waals surface area contributed by atoms with Crippen LogP contribution in [0.15, 0.2) is 76.5 Å². The molecule has 0 heterocycles. The number of phenolic OH excluding ortho intramolecular Hbond substituents is 1. The van der Waals surface area contributed by atoms with E-state index >= 15 is 0 Å². The van der Waals surface area contributed by atoms with Crippen LogP contribution in [0.3, 0.4) is 0 Å². The number of carbonyl (C=O) groups excluding carboxylic acids is 1. The van der Waals surface area contributed by atoms with Gasteiger partial charge in [0.1, 0.15) is 16.4 Å². The number of sulfone groups is 1. The molecule has 0 aliphatic carbocycles. The SMILES string of the molecule is COc1ccc(CCSc2ccc(C(=O)Nc3ccc(O)c(S(C)(=O)=O)c3)cc2)cc1. The van der Waals surface area contributed by atoms with E-state index in [2.05, 4.69) is 5.32 Å². The highest BCUT2D eigenvalue weighted by Gasteiger charge is 2.15. The number of aryl methyl sites for hydroxylation is 1. The van der Waals surface area contributed by atoms with Gasteiger partial charge in [-0.15, -0.1) is 11.8 Å². The summed E-state index contributed by atoms with van der Waals surface area (Å²) >= 11 is 1.70. The van der Waals surface area contributed by atoms with Crippen molar-refractivity contribution in [3.05, 3.63) is 77.9 Å². The lowest BCUT2D eigenvalue weighted by Gasteiger charge is -2.09. The molecular weight excluding hydrogens is 434 g/mol. The molecule has 6 nitrogen and oxygen atoms in total. The third kappa shape index (κ3) is 6.26. The molecule has 31 heavy (non-hydrogen) atoms. The standard InChI is InChI=1S/C23H23NO5S2/c1-29-19-8-3-16(4-9-19)13-14-30-20-10-5-17(6-11-20)23(26)24-18-7-12-21(25)22(15-18)31(2,27)28/h3-12,15,25H,13-14H2,1-2H3,(H,24,26). The van der Waals surface area contributed by atoms with E-state index in [4.69, 9.17) is 4.74 Å². The summed E-state index contributed by atoms with van der Waals surface area (Å²) in [5, 5.41) is 12.4. The molecule has 0 aliphatic rings. The van der Waals surface area contributed by atoms with Crippen LogP contribution in [0, 0.1) is 0 Å². The number of carbonyl (C=O) groups is 1. The molecular formula is C23H23NO5S2. The van der Waals surface area contributed by atoms with E-state index in [1.807, 2.05) is 36.4 Å². The second kappa shape index (κ2) is 9.89. The third-order valence-corrected chi connectivity index (χ3v) is 6.69. The molecule has 0 radical (unpaired) electrons. The predicted molar refractivity (Wildman–Crippen MR) is 123 cm³/mol. The molecule has 8 heteroatoms. The maximum Gasteiger partial charge on any atom is 0.255 e. The Kier molecular flexibility index (Phi) is 7.25. The van der Waals surface area contributed by atoms with Crippen molar-refractivity contribution in [1.82, 2.24) is 0 Å². The smallest absolute Gasteiger partial charge is 0.255 e. The Hall–Kier alpha value is -2.97. The molecule has 0 fully saturated rings. The first-order valence-corrected chi connectivity index (χ1v) is 12.3. The molecule has 3 aromatic rings. The van der Waals surface area contributed by atoms with Crippen LogP contribution in [0.5, 0.6) is 11.5 Å². The molecule has 0 aliphatic heterocycles. The Morgan fingerprint density at radius 2 is 1.71 bits per heavy atom. The number of thioether (sulfide) groups is 1. The fourth-order valence-corrected chi connectivity index (χ4v) is 4.56. The second-order valence-electron chi connectivity index (χ2n) is 6.88. The van der Waals surface area contributed by atoms with Crippen molar-refractivity contribution in [2.45, 2.75) is 16.2 Å². The van der Waals surface area contributed by atoms with Crippen LogP contribution in [-0.2, 0) is 16.3 Å². The lowest BCUT2D eigenvalue weighted by Crippen LogP contribution is -2.12. The summed E-state index contributed by atoms with van der Waals surface area (Å²) in [4.78, 5) is 13.3. The number of phenols is 1. The summed E-state index contributed by atoms with van der Waals surface area (Å²) in [7, 11) is -1.96. The van der Waals surface area contributed by atoms with Gasteiger partial charge in [0.15, 0.2) is 9.84 Å². The molecule has 0 aromatic heterocycles. The van der Waals surface area contributed by atoms with Crippen molar-refractivity contribution in [3.8, 4) is 11.5 Å². The van der Waals surface area contributed by atoms with Gasteiger partial charge in [0.25, 0.3) is 5.91 Å². The minimum absolute atomic E-state index is 0.228. The molecule has 3 aromatic carbocycles. The number of benzene rings is 3. The summed E-state index contributed by atoms with van der Waals surface area (Å²) in [6.07, 6.45) is 1.92. The summed E-state index contributed by atoms with van der Waals surface area (Å²) in [6.45, 7) is 0. The highest BCUT2D eigenvalue weighted by molar-refractivity contribution is 7.99. The Morgan fingerprint density at radius 3 is 2.32 bits per heavy atom. The number of ether oxygens (including phenoxy) is 1. The summed E-state index contributed by atoms with van der Waals surface area (Å²) in [6, 6.07) is 19.1. The monoisotopic (exact) mass is 457 g/mol. The van der Waals surface area contributed by atoms with Crippen molar-refractivity contribution < 1.29 is 23.1 Å². The molecule has 0 spiro atoms. The molecule has 1 amide bonds. The number of rotatable bonds is 8. The summed E-state index contributed by atoms with van der Waals surface area (Å²) in [5.41, 5.74) is 1.97. The largest absolute Gasteiger partial charge is 0.507 e. The molecule has 0 atom stereocenters. The van der Waals surface area contributed by atoms with E-state index in [1.165, 1.54) is 23.8 Å². The van der Waals surface area contributed by atoms with Crippen molar-refractivity contribution in [2.24, 2.45) is 0 Å². The zero-order chi connectivity index (χ0) is 22.4. The average Bonchev–Trinajstić information content (AvgIpc) is 2.75. The van der Waals surface area contributed by atoms with Gasteiger partial charge in [-0.1, -0.05) is 12.1 Å². The number of hydrogen-bond acceptors (Lipinski definition) is 6. The summed E-state index contributed by atoms with van der Waals surface area (Å²) < 4.78 is 28.6. The van der Waals surface area contributed by atoms with Gasteiger partial charge in [-0.05, 0) is 66.6 Å². The second-order valence-corrected chi connectivity index (χ2v) is 10.0.